The monoisotopic (exact) mass is 372 g/mol. The second-order valence-corrected chi connectivity index (χ2v) is 6.63. The molecule has 0 atom stereocenters. The molecule has 0 aliphatic carbocycles. The fourth-order valence-electron chi connectivity index (χ4n) is 3.00. The van der Waals surface area contributed by atoms with Gasteiger partial charge >= 0.3 is 0 Å². The van der Waals surface area contributed by atoms with Crippen molar-refractivity contribution in [1.29, 1.82) is 0 Å². The second-order valence-electron chi connectivity index (χ2n) is 6.20. The van der Waals surface area contributed by atoms with Gasteiger partial charge in [0.2, 0.25) is 0 Å². The summed E-state index contributed by atoms with van der Waals surface area (Å²) >= 11 is 5.93. The van der Waals surface area contributed by atoms with Crippen LogP contribution >= 0.6 is 11.6 Å². The van der Waals surface area contributed by atoms with Gasteiger partial charge in [0.05, 0.1) is 6.61 Å². The Hall–Kier alpha value is -3.06. The highest BCUT2D eigenvalue weighted by molar-refractivity contribution is 6.30. The molecule has 0 saturated heterocycles. The van der Waals surface area contributed by atoms with Crippen molar-refractivity contribution < 1.29 is 5.11 Å². The summed E-state index contributed by atoms with van der Waals surface area (Å²) in [6, 6.07) is 19.7. The lowest BCUT2D eigenvalue weighted by Gasteiger charge is -2.02. The molecule has 0 spiro atoms. The number of pyridine rings is 1. The van der Waals surface area contributed by atoms with Crippen LogP contribution < -0.4 is 0 Å². The van der Waals surface area contributed by atoms with Crippen molar-refractivity contribution in [3.05, 3.63) is 89.3 Å². The summed E-state index contributed by atoms with van der Waals surface area (Å²) in [5.41, 5.74) is 4.87. The van der Waals surface area contributed by atoms with Gasteiger partial charge in [-0.3, -0.25) is 0 Å². The number of nitrogens with zero attached hydrogens (tertiary/aromatic N) is 2. The number of halogens is 1. The van der Waals surface area contributed by atoms with Crippen LogP contribution in [-0.4, -0.2) is 21.3 Å². The molecule has 3 nitrogen and oxygen atoms in total. The zero-order valence-corrected chi connectivity index (χ0v) is 15.3. The minimum Gasteiger partial charge on any atom is -0.395 e. The van der Waals surface area contributed by atoms with Crippen LogP contribution in [-0.2, 0) is 6.54 Å². The maximum absolute atomic E-state index is 9.11. The maximum atomic E-state index is 9.11. The number of hydrogen-bond acceptors (Lipinski definition) is 2. The molecule has 0 aliphatic rings. The molecule has 132 valence electrons. The summed E-state index contributed by atoms with van der Waals surface area (Å²) in [5, 5.41) is 10.9. The van der Waals surface area contributed by atoms with E-state index in [4.69, 9.17) is 16.7 Å². The van der Waals surface area contributed by atoms with Crippen LogP contribution in [0.15, 0.2) is 73.1 Å². The lowest BCUT2D eigenvalue weighted by Crippen LogP contribution is -1.99. The van der Waals surface area contributed by atoms with Gasteiger partial charge < -0.3 is 9.67 Å². The van der Waals surface area contributed by atoms with Crippen LogP contribution in [0.5, 0.6) is 0 Å². The molecule has 0 saturated carbocycles. The third kappa shape index (κ3) is 3.88. The third-order valence-corrected chi connectivity index (χ3v) is 4.64. The summed E-state index contributed by atoms with van der Waals surface area (Å²) in [4.78, 5) is 4.44. The van der Waals surface area contributed by atoms with Crippen LogP contribution in [0.25, 0.3) is 22.0 Å². The molecule has 0 radical (unpaired) electrons. The van der Waals surface area contributed by atoms with Crippen molar-refractivity contribution in [2.45, 2.75) is 6.54 Å². The molecular weight excluding hydrogens is 356 g/mol. The molecule has 2 aromatic heterocycles. The Kier molecular flexibility index (Phi) is 4.93. The molecule has 0 amide bonds. The summed E-state index contributed by atoms with van der Waals surface area (Å²) in [6.45, 7) is 0.724. The van der Waals surface area contributed by atoms with Gasteiger partial charge in [0.15, 0.2) is 0 Å². The van der Waals surface area contributed by atoms with Gasteiger partial charge in [-0.2, -0.15) is 0 Å². The average molecular weight is 373 g/mol. The standard InChI is InChI=1S/C23H17ClN2O/c24-21-6-3-18(4-7-21)20-5-9-22(25-16-20)8-1-17-2-10-23-19(15-17)11-12-26(23)13-14-27/h2-7,9-12,15-16,27H,13-14H2. The summed E-state index contributed by atoms with van der Waals surface area (Å²) in [6.07, 6.45) is 3.81. The van der Waals surface area contributed by atoms with Gasteiger partial charge in [-0.05, 0) is 53.9 Å². The summed E-state index contributed by atoms with van der Waals surface area (Å²) < 4.78 is 2.03. The van der Waals surface area contributed by atoms with E-state index in [2.05, 4.69) is 22.9 Å². The first-order valence-electron chi connectivity index (χ1n) is 8.67. The fraction of sp³-hybridized carbons (Fsp3) is 0.0870. The number of benzene rings is 2. The van der Waals surface area contributed by atoms with Gasteiger partial charge in [0.25, 0.3) is 0 Å². The van der Waals surface area contributed by atoms with Crippen molar-refractivity contribution >= 4 is 22.5 Å². The molecule has 4 heteroatoms. The largest absolute Gasteiger partial charge is 0.395 e. The molecular formula is C23H17ClN2O. The molecule has 4 rings (SSSR count). The first kappa shape index (κ1) is 17.4. The minimum atomic E-state index is 0.128. The van der Waals surface area contributed by atoms with E-state index in [1.807, 2.05) is 71.6 Å². The third-order valence-electron chi connectivity index (χ3n) is 4.39. The van der Waals surface area contributed by atoms with E-state index in [-0.39, 0.29) is 6.61 Å². The number of aliphatic hydroxyl groups excluding tert-OH is 1. The Bertz CT molecular complexity index is 1130. The highest BCUT2D eigenvalue weighted by atomic mass is 35.5. The van der Waals surface area contributed by atoms with Gasteiger partial charge in [0.1, 0.15) is 5.69 Å². The number of aliphatic hydroxyl groups is 1. The van der Waals surface area contributed by atoms with Crippen molar-refractivity contribution in [3.8, 4) is 23.0 Å². The SMILES string of the molecule is OCCn1ccc2cc(C#Cc3ccc(-c4ccc(Cl)cc4)cn3)ccc21. The first-order valence-corrected chi connectivity index (χ1v) is 9.04. The number of hydrogen-bond donors (Lipinski definition) is 1. The van der Waals surface area contributed by atoms with Crippen LogP contribution in [0.3, 0.4) is 0 Å². The van der Waals surface area contributed by atoms with Gasteiger partial charge in [-0.25, -0.2) is 4.98 Å². The molecule has 0 aliphatic heterocycles. The predicted octanol–water partition coefficient (Wildman–Crippen LogP) is 4.75. The Morgan fingerprint density at radius 3 is 2.48 bits per heavy atom. The Balaban J connectivity index is 1.55. The Morgan fingerprint density at radius 2 is 1.74 bits per heavy atom. The molecule has 27 heavy (non-hydrogen) atoms. The van der Waals surface area contributed by atoms with E-state index in [0.29, 0.717) is 6.54 Å². The van der Waals surface area contributed by atoms with Gasteiger partial charge in [-0.15, -0.1) is 0 Å². The lowest BCUT2D eigenvalue weighted by atomic mass is 10.1. The van der Waals surface area contributed by atoms with Crippen LogP contribution in [0.4, 0.5) is 0 Å². The molecule has 4 aromatic rings. The van der Waals surface area contributed by atoms with Crippen LogP contribution in [0, 0.1) is 11.8 Å². The highest BCUT2D eigenvalue weighted by Gasteiger charge is 2.01. The molecule has 0 bridgehead atoms. The van der Waals surface area contributed by atoms with E-state index < -0.39 is 0 Å². The Morgan fingerprint density at radius 1 is 0.926 bits per heavy atom. The molecule has 0 fully saturated rings. The number of aromatic nitrogens is 2. The highest BCUT2D eigenvalue weighted by Crippen LogP contribution is 2.21. The predicted molar refractivity (Wildman–Crippen MR) is 110 cm³/mol. The summed E-state index contributed by atoms with van der Waals surface area (Å²) in [5.74, 6) is 6.29. The van der Waals surface area contributed by atoms with E-state index >= 15 is 0 Å². The lowest BCUT2D eigenvalue weighted by molar-refractivity contribution is 0.278. The fourth-order valence-corrected chi connectivity index (χ4v) is 3.12. The average Bonchev–Trinajstić information content (AvgIpc) is 3.10. The van der Waals surface area contributed by atoms with Crippen LogP contribution in [0.2, 0.25) is 5.02 Å². The van der Waals surface area contributed by atoms with Crippen molar-refractivity contribution in [1.82, 2.24) is 9.55 Å². The normalized spacial score (nSPS) is 10.6. The smallest absolute Gasteiger partial charge is 0.113 e. The van der Waals surface area contributed by atoms with E-state index in [0.717, 1.165) is 38.3 Å². The summed E-state index contributed by atoms with van der Waals surface area (Å²) in [7, 11) is 0. The zero-order chi connectivity index (χ0) is 18.6. The topological polar surface area (TPSA) is 38.0 Å². The number of rotatable bonds is 3. The molecule has 1 N–H and O–H groups in total. The van der Waals surface area contributed by atoms with E-state index in [1.54, 1.807) is 0 Å². The van der Waals surface area contributed by atoms with E-state index in [9.17, 15) is 0 Å². The van der Waals surface area contributed by atoms with Crippen molar-refractivity contribution in [2.24, 2.45) is 0 Å². The Labute approximate surface area is 162 Å². The van der Waals surface area contributed by atoms with Crippen molar-refractivity contribution in [3.63, 3.8) is 0 Å². The minimum absolute atomic E-state index is 0.128. The molecule has 2 heterocycles. The number of fused-ring (bicyclic) bond motifs is 1. The van der Waals surface area contributed by atoms with Gasteiger partial charge in [-0.1, -0.05) is 35.7 Å². The van der Waals surface area contributed by atoms with E-state index in [1.165, 1.54) is 0 Å². The second kappa shape index (κ2) is 7.67. The van der Waals surface area contributed by atoms with Gasteiger partial charge in [0, 0.05) is 46.0 Å². The van der Waals surface area contributed by atoms with Crippen molar-refractivity contribution in [2.75, 3.05) is 6.61 Å². The van der Waals surface area contributed by atoms with Crippen LogP contribution in [0.1, 0.15) is 11.3 Å². The first-order chi connectivity index (χ1) is 13.2. The molecule has 0 unspecified atom stereocenters. The molecule has 2 aromatic carbocycles. The quantitative estimate of drug-likeness (QED) is 0.527. The maximum Gasteiger partial charge on any atom is 0.113 e. The zero-order valence-electron chi connectivity index (χ0n) is 14.6.